The molecule has 0 unspecified atom stereocenters. The van der Waals surface area contributed by atoms with Crippen LogP contribution in [-0.2, 0) is 14.3 Å². The molecule has 2 rings (SSSR count). The summed E-state index contributed by atoms with van der Waals surface area (Å²) in [6, 6.07) is -0.397. The largest absolute Gasteiger partial charge is 0.467 e. The first kappa shape index (κ1) is 7.58. The summed E-state index contributed by atoms with van der Waals surface area (Å²) in [6.45, 7) is 0. The summed E-state index contributed by atoms with van der Waals surface area (Å²) >= 11 is 0. The predicted octanol–water partition coefficient (Wildman–Crippen LogP) is -0.316. The monoisotopic (exact) mass is 169 g/mol. The highest BCUT2D eigenvalue weighted by molar-refractivity contribution is 5.89. The molecule has 3 atom stereocenters. The van der Waals surface area contributed by atoms with Crippen LogP contribution in [0.2, 0.25) is 0 Å². The zero-order valence-corrected chi connectivity index (χ0v) is 6.87. The highest BCUT2D eigenvalue weighted by Gasteiger charge is 2.49. The van der Waals surface area contributed by atoms with E-state index in [1.807, 2.05) is 0 Å². The maximum atomic E-state index is 11.1. The van der Waals surface area contributed by atoms with Crippen LogP contribution in [0.15, 0.2) is 0 Å². The maximum absolute atomic E-state index is 11.1. The Kier molecular flexibility index (Phi) is 1.56. The second-order valence-corrected chi connectivity index (χ2v) is 3.42. The molecule has 1 amide bonds. The average molecular weight is 169 g/mol. The van der Waals surface area contributed by atoms with Gasteiger partial charge in [-0.3, -0.25) is 4.79 Å². The van der Waals surface area contributed by atoms with Gasteiger partial charge in [-0.2, -0.15) is 0 Å². The van der Waals surface area contributed by atoms with Gasteiger partial charge in [-0.05, 0) is 18.8 Å². The lowest BCUT2D eigenvalue weighted by atomic mass is 10.0. The number of fused-ring (bicyclic) bond motifs is 1. The highest BCUT2D eigenvalue weighted by Crippen LogP contribution is 2.44. The van der Waals surface area contributed by atoms with Gasteiger partial charge in [0.1, 0.15) is 6.04 Å². The third-order valence-corrected chi connectivity index (χ3v) is 2.60. The van der Waals surface area contributed by atoms with Gasteiger partial charge in [-0.15, -0.1) is 0 Å². The lowest BCUT2D eigenvalue weighted by molar-refractivity contribution is -0.146. The second-order valence-electron chi connectivity index (χ2n) is 3.42. The second kappa shape index (κ2) is 2.47. The van der Waals surface area contributed by atoms with Crippen LogP contribution in [0.5, 0.6) is 0 Å². The van der Waals surface area contributed by atoms with Crippen molar-refractivity contribution in [1.82, 2.24) is 5.32 Å². The zero-order chi connectivity index (χ0) is 8.72. The molecule has 0 aromatic carbocycles. The number of carbonyl (C=O) groups is 2. The summed E-state index contributed by atoms with van der Waals surface area (Å²) in [4.78, 5) is 22.2. The van der Waals surface area contributed by atoms with Crippen LogP contribution in [0.4, 0.5) is 0 Å². The van der Waals surface area contributed by atoms with Crippen molar-refractivity contribution < 1.29 is 14.3 Å². The molecule has 1 aliphatic heterocycles. The number of ether oxygens (including phenoxy) is 1. The van der Waals surface area contributed by atoms with E-state index < -0.39 is 6.04 Å². The third-order valence-electron chi connectivity index (χ3n) is 2.60. The summed E-state index contributed by atoms with van der Waals surface area (Å²) in [7, 11) is 1.34. The first-order chi connectivity index (χ1) is 5.72. The number of carbonyl (C=O) groups excluding carboxylic acids is 2. The molecular weight excluding hydrogens is 158 g/mol. The Morgan fingerprint density at radius 3 is 2.92 bits per heavy atom. The molecule has 2 fully saturated rings. The van der Waals surface area contributed by atoms with Crippen LogP contribution in [0.1, 0.15) is 12.8 Å². The number of piperidine rings is 1. The van der Waals surface area contributed by atoms with Crippen molar-refractivity contribution in [1.29, 1.82) is 0 Å². The highest BCUT2D eigenvalue weighted by atomic mass is 16.5. The zero-order valence-electron chi connectivity index (χ0n) is 6.87. The van der Waals surface area contributed by atoms with Crippen molar-refractivity contribution in [3.05, 3.63) is 0 Å². The molecule has 0 radical (unpaired) electrons. The minimum Gasteiger partial charge on any atom is -0.467 e. The summed E-state index contributed by atoms with van der Waals surface area (Å²) < 4.78 is 4.55. The number of amides is 1. The van der Waals surface area contributed by atoms with E-state index in [1.54, 1.807) is 0 Å². The minimum absolute atomic E-state index is 0.0154. The Balaban J connectivity index is 2.00. The molecule has 1 saturated carbocycles. The van der Waals surface area contributed by atoms with Crippen LogP contribution in [0.3, 0.4) is 0 Å². The van der Waals surface area contributed by atoms with Gasteiger partial charge in [0.05, 0.1) is 7.11 Å². The topological polar surface area (TPSA) is 55.4 Å². The molecular formula is C8H11NO3. The number of hydrogen-bond acceptors (Lipinski definition) is 3. The van der Waals surface area contributed by atoms with Crippen LogP contribution >= 0.6 is 0 Å². The smallest absolute Gasteiger partial charge is 0.328 e. The minimum atomic E-state index is -0.397. The van der Waals surface area contributed by atoms with Crippen molar-refractivity contribution in [2.24, 2.45) is 11.8 Å². The van der Waals surface area contributed by atoms with E-state index in [9.17, 15) is 9.59 Å². The standard InChI is InChI=1S/C8H11NO3/c1-12-8(11)6-3-4-2-5(4)7(10)9-6/h4-6H,2-3H2,1H3,(H,9,10)/t4-,5-,6+/m1/s1. The fraction of sp³-hybridized carbons (Fsp3) is 0.750. The van der Waals surface area contributed by atoms with Crippen molar-refractivity contribution in [2.45, 2.75) is 18.9 Å². The van der Waals surface area contributed by atoms with E-state index in [0.717, 1.165) is 12.8 Å². The van der Waals surface area contributed by atoms with E-state index in [0.29, 0.717) is 5.92 Å². The maximum Gasteiger partial charge on any atom is 0.328 e. The van der Waals surface area contributed by atoms with Gasteiger partial charge in [0, 0.05) is 5.92 Å². The SMILES string of the molecule is COC(=O)[C@@H]1C[C@H]2C[C@H]2C(=O)N1. The van der Waals surface area contributed by atoms with Crippen LogP contribution in [0, 0.1) is 11.8 Å². The van der Waals surface area contributed by atoms with Crippen LogP contribution in [-0.4, -0.2) is 25.0 Å². The molecule has 4 nitrogen and oxygen atoms in total. The number of methoxy groups -OCH3 is 1. The van der Waals surface area contributed by atoms with Crippen molar-refractivity contribution in [2.75, 3.05) is 7.11 Å². The van der Waals surface area contributed by atoms with Crippen molar-refractivity contribution in [3.8, 4) is 0 Å². The molecule has 1 aliphatic carbocycles. The van der Waals surface area contributed by atoms with Crippen molar-refractivity contribution in [3.63, 3.8) is 0 Å². The van der Waals surface area contributed by atoms with E-state index in [-0.39, 0.29) is 17.8 Å². The number of hydrogen-bond donors (Lipinski definition) is 1. The molecule has 0 aromatic heterocycles. The van der Waals surface area contributed by atoms with Gasteiger partial charge in [-0.1, -0.05) is 0 Å². The third kappa shape index (κ3) is 1.07. The Bertz CT molecular complexity index is 238. The van der Waals surface area contributed by atoms with Gasteiger partial charge >= 0.3 is 5.97 Å². The number of rotatable bonds is 1. The molecule has 66 valence electrons. The average Bonchev–Trinajstić information content (AvgIpc) is 2.82. The first-order valence-corrected chi connectivity index (χ1v) is 4.10. The molecule has 0 aromatic rings. The Labute approximate surface area is 70.3 Å². The number of nitrogens with one attached hydrogen (secondary N) is 1. The Morgan fingerprint density at radius 2 is 2.33 bits per heavy atom. The number of esters is 1. The molecule has 12 heavy (non-hydrogen) atoms. The molecule has 2 aliphatic rings. The fourth-order valence-electron chi connectivity index (χ4n) is 1.77. The van der Waals surface area contributed by atoms with E-state index in [1.165, 1.54) is 7.11 Å². The lowest BCUT2D eigenvalue weighted by Gasteiger charge is -2.19. The van der Waals surface area contributed by atoms with E-state index in [4.69, 9.17) is 0 Å². The molecule has 0 spiro atoms. The molecule has 1 N–H and O–H groups in total. The Morgan fingerprint density at radius 1 is 1.58 bits per heavy atom. The molecule has 1 saturated heterocycles. The van der Waals surface area contributed by atoms with Crippen molar-refractivity contribution >= 4 is 11.9 Å². The van der Waals surface area contributed by atoms with Crippen LogP contribution < -0.4 is 5.32 Å². The van der Waals surface area contributed by atoms with Gasteiger partial charge in [0.25, 0.3) is 0 Å². The summed E-state index contributed by atoms with van der Waals surface area (Å²) in [6.07, 6.45) is 1.70. The van der Waals surface area contributed by atoms with Gasteiger partial charge in [-0.25, -0.2) is 4.79 Å². The first-order valence-electron chi connectivity index (χ1n) is 4.10. The summed E-state index contributed by atoms with van der Waals surface area (Å²) in [5, 5.41) is 2.64. The predicted molar refractivity (Wildman–Crippen MR) is 40.2 cm³/mol. The quantitative estimate of drug-likeness (QED) is 0.547. The summed E-state index contributed by atoms with van der Waals surface area (Å²) in [5.74, 6) is 0.309. The normalized spacial score (nSPS) is 38.1. The molecule has 1 heterocycles. The van der Waals surface area contributed by atoms with E-state index in [2.05, 4.69) is 10.1 Å². The van der Waals surface area contributed by atoms with E-state index >= 15 is 0 Å². The van der Waals surface area contributed by atoms with Gasteiger partial charge < -0.3 is 10.1 Å². The molecule has 0 bridgehead atoms. The Hall–Kier alpha value is -1.06. The van der Waals surface area contributed by atoms with Gasteiger partial charge in [0.2, 0.25) is 5.91 Å². The van der Waals surface area contributed by atoms with Crippen LogP contribution in [0.25, 0.3) is 0 Å². The van der Waals surface area contributed by atoms with Gasteiger partial charge in [0.15, 0.2) is 0 Å². The summed E-state index contributed by atoms with van der Waals surface area (Å²) in [5.41, 5.74) is 0. The lowest BCUT2D eigenvalue weighted by Crippen LogP contribution is -2.45. The fourth-order valence-corrected chi connectivity index (χ4v) is 1.77. The molecule has 4 heteroatoms.